The largest absolute Gasteiger partial charge is 0.426 e. The Morgan fingerprint density at radius 3 is 2.40 bits per heavy atom. The third-order valence-corrected chi connectivity index (χ3v) is 5.23. The second-order valence-electron chi connectivity index (χ2n) is 7.28. The summed E-state index contributed by atoms with van der Waals surface area (Å²) in [6.07, 6.45) is 3.61. The highest BCUT2D eigenvalue weighted by molar-refractivity contribution is 6.05. The Morgan fingerprint density at radius 1 is 1.16 bits per heavy atom. The Labute approximate surface area is 148 Å². The van der Waals surface area contributed by atoms with Crippen LogP contribution in [0.4, 0.5) is 0 Å². The minimum Gasteiger partial charge on any atom is -0.426 e. The molecule has 1 aliphatic heterocycles. The average Bonchev–Trinajstić information content (AvgIpc) is 2.85. The zero-order valence-corrected chi connectivity index (χ0v) is 14.9. The van der Waals surface area contributed by atoms with E-state index in [2.05, 4.69) is 13.8 Å². The molecule has 2 atom stereocenters. The van der Waals surface area contributed by atoms with Gasteiger partial charge in [-0.15, -0.1) is 0 Å². The molecule has 2 fully saturated rings. The molecule has 25 heavy (non-hydrogen) atoms. The Morgan fingerprint density at radius 2 is 1.80 bits per heavy atom. The zero-order valence-electron chi connectivity index (χ0n) is 14.9. The summed E-state index contributed by atoms with van der Waals surface area (Å²) in [6.45, 7) is 4.27. The van der Waals surface area contributed by atoms with E-state index in [-0.39, 0.29) is 36.6 Å². The number of carbonyl (C=O) groups is 3. The highest BCUT2D eigenvalue weighted by atomic mass is 16.5. The number of hydrogen-bond donors (Lipinski definition) is 0. The molecule has 0 unspecified atom stereocenters. The highest BCUT2D eigenvalue weighted by Crippen LogP contribution is 2.38. The van der Waals surface area contributed by atoms with Crippen molar-refractivity contribution in [2.75, 3.05) is 6.54 Å². The second kappa shape index (κ2) is 7.38. The molecule has 0 N–H and O–H groups in total. The fraction of sp³-hybridized carbons (Fsp3) is 0.550. The van der Waals surface area contributed by atoms with Crippen LogP contribution in [-0.4, -0.2) is 29.2 Å². The first-order valence-corrected chi connectivity index (χ1v) is 9.13. The summed E-state index contributed by atoms with van der Waals surface area (Å²) in [5.74, 6) is -0.115. The Balaban J connectivity index is 1.56. The first kappa shape index (κ1) is 17.6. The molecule has 0 bridgehead atoms. The van der Waals surface area contributed by atoms with Crippen LogP contribution in [0.5, 0.6) is 5.75 Å². The summed E-state index contributed by atoms with van der Waals surface area (Å²) >= 11 is 0. The maximum absolute atomic E-state index is 12.4. The molecule has 3 rings (SSSR count). The number of rotatable bonds is 5. The van der Waals surface area contributed by atoms with Crippen LogP contribution in [0.1, 0.15) is 57.4 Å². The van der Waals surface area contributed by atoms with E-state index in [4.69, 9.17) is 4.74 Å². The number of ether oxygens (including phenoxy) is 1. The lowest BCUT2D eigenvalue weighted by Crippen LogP contribution is -2.33. The summed E-state index contributed by atoms with van der Waals surface area (Å²) in [7, 11) is 0. The molecule has 1 aromatic carbocycles. The molecule has 5 nitrogen and oxygen atoms in total. The normalized spacial score (nSPS) is 23.1. The van der Waals surface area contributed by atoms with Crippen LogP contribution in [0.2, 0.25) is 0 Å². The van der Waals surface area contributed by atoms with E-state index in [1.54, 1.807) is 6.07 Å². The number of benzene rings is 1. The summed E-state index contributed by atoms with van der Waals surface area (Å²) in [6, 6.07) is 7.44. The van der Waals surface area contributed by atoms with Gasteiger partial charge in [-0.25, -0.2) is 0 Å². The molecule has 1 saturated carbocycles. The van der Waals surface area contributed by atoms with Gasteiger partial charge in [0.1, 0.15) is 5.75 Å². The molecule has 0 aromatic heterocycles. The van der Waals surface area contributed by atoms with Crippen LogP contribution in [0.15, 0.2) is 24.3 Å². The van der Waals surface area contributed by atoms with Gasteiger partial charge in [-0.2, -0.15) is 0 Å². The monoisotopic (exact) mass is 343 g/mol. The lowest BCUT2D eigenvalue weighted by molar-refractivity contribution is -0.141. The summed E-state index contributed by atoms with van der Waals surface area (Å²) in [5, 5.41) is 0. The van der Waals surface area contributed by atoms with Crippen LogP contribution >= 0.6 is 0 Å². The number of fused-ring (bicyclic) bond motifs is 1. The molecular formula is C20H25NO4. The van der Waals surface area contributed by atoms with Crippen molar-refractivity contribution in [3.63, 3.8) is 0 Å². The second-order valence-corrected chi connectivity index (χ2v) is 7.28. The topological polar surface area (TPSA) is 63.7 Å². The van der Waals surface area contributed by atoms with Crippen LogP contribution in [0.3, 0.4) is 0 Å². The van der Waals surface area contributed by atoms with Crippen molar-refractivity contribution in [2.45, 2.75) is 51.9 Å². The smallest absolute Gasteiger partial charge is 0.312 e. The van der Waals surface area contributed by atoms with Gasteiger partial charge in [-0.1, -0.05) is 38.8 Å². The Bertz CT molecular complexity index is 658. The molecule has 1 saturated heterocycles. The number of amides is 2. The van der Waals surface area contributed by atoms with E-state index in [1.165, 1.54) is 4.90 Å². The number of carbonyl (C=O) groups excluding carboxylic acids is 3. The van der Waals surface area contributed by atoms with Gasteiger partial charge in [0.05, 0.1) is 18.3 Å². The van der Waals surface area contributed by atoms with Gasteiger partial charge >= 0.3 is 5.97 Å². The molecule has 5 heteroatoms. The van der Waals surface area contributed by atoms with Gasteiger partial charge < -0.3 is 4.74 Å². The van der Waals surface area contributed by atoms with Gasteiger partial charge in [0.2, 0.25) is 11.8 Å². The predicted molar refractivity (Wildman–Crippen MR) is 93.0 cm³/mol. The van der Waals surface area contributed by atoms with Crippen molar-refractivity contribution in [1.29, 1.82) is 0 Å². The van der Waals surface area contributed by atoms with Gasteiger partial charge in [0.15, 0.2) is 0 Å². The number of likely N-dealkylation sites (tertiary alicyclic amines) is 1. The quantitative estimate of drug-likeness (QED) is 0.467. The Kier molecular flexibility index (Phi) is 5.21. The molecule has 1 aliphatic carbocycles. The summed E-state index contributed by atoms with van der Waals surface area (Å²) < 4.78 is 5.37. The van der Waals surface area contributed by atoms with Gasteiger partial charge in [0, 0.05) is 6.54 Å². The molecule has 0 radical (unpaired) electrons. The van der Waals surface area contributed by atoms with E-state index in [0.717, 1.165) is 31.2 Å². The SMILES string of the molecule is CC(C)c1cccc(OC(=O)CCN2C(=O)[C@H]3CCCC[C@@H]3C2=O)c1. The average molecular weight is 343 g/mol. The Hall–Kier alpha value is -2.17. The highest BCUT2D eigenvalue weighted by Gasteiger charge is 2.47. The van der Waals surface area contributed by atoms with Crippen molar-refractivity contribution >= 4 is 17.8 Å². The van der Waals surface area contributed by atoms with Crippen LogP contribution < -0.4 is 4.74 Å². The molecule has 0 spiro atoms. The van der Waals surface area contributed by atoms with Crippen LogP contribution in [-0.2, 0) is 14.4 Å². The number of nitrogens with zero attached hydrogens (tertiary/aromatic N) is 1. The minimum atomic E-state index is -0.420. The standard InChI is InChI=1S/C20H25NO4/c1-13(2)14-6-5-7-15(12-14)25-18(22)10-11-21-19(23)16-8-3-4-9-17(16)20(21)24/h5-7,12-13,16-17H,3-4,8-11H2,1-2H3/t16-,17-/m0/s1. The van der Waals surface area contributed by atoms with Crippen LogP contribution in [0, 0.1) is 11.8 Å². The van der Waals surface area contributed by atoms with E-state index < -0.39 is 5.97 Å². The van der Waals surface area contributed by atoms with E-state index in [1.807, 2.05) is 18.2 Å². The first-order chi connectivity index (χ1) is 12.0. The maximum Gasteiger partial charge on any atom is 0.312 e. The molecule has 134 valence electrons. The summed E-state index contributed by atoms with van der Waals surface area (Å²) in [5.41, 5.74) is 1.10. The summed E-state index contributed by atoms with van der Waals surface area (Å²) in [4.78, 5) is 38.2. The minimum absolute atomic E-state index is 0.0306. The molecule has 2 amide bonds. The molecule has 1 heterocycles. The molecule has 1 aromatic rings. The number of imide groups is 1. The van der Waals surface area contributed by atoms with Gasteiger partial charge in [0.25, 0.3) is 0 Å². The van der Waals surface area contributed by atoms with Gasteiger partial charge in [-0.05, 0) is 36.5 Å². The predicted octanol–water partition coefficient (Wildman–Crippen LogP) is 3.28. The van der Waals surface area contributed by atoms with E-state index >= 15 is 0 Å². The van der Waals surface area contributed by atoms with Crippen LogP contribution in [0.25, 0.3) is 0 Å². The zero-order chi connectivity index (χ0) is 18.0. The van der Waals surface area contributed by atoms with Gasteiger partial charge in [-0.3, -0.25) is 19.3 Å². The van der Waals surface area contributed by atoms with Crippen molar-refractivity contribution in [3.05, 3.63) is 29.8 Å². The van der Waals surface area contributed by atoms with Crippen molar-refractivity contribution in [3.8, 4) is 5.75 Å². The lowest BCUT2D eigenvalue weighted by atomic mass is 9.81. The number of esters is 1. The third-order valence-electron chi connectivity index (χ3n) is 5.23. The first-order valence-electron chi connectivity index (χ1n) is 9.13. The fourth-order valence-electron chi connectivity index (χ4n) is 3.77. The number of hydrogen-bond acceptors (Lipinski definition) is 4. The molecule has 2 aliphatic rings. The van der Waals surface area contributed by atoms with Crippen molar-refractivity contribution in [2.24, 2.45) is 11.8 Å². The lowest BCUT2D eigenvalue weighted by Gasteiger charge is -2.19. The molecular weight excluding hydrogens is 318 g/mol. The fourth-order valence-corrected chi connectivity index (χ4v) is 3.77. The van der Waals surface area contributed by atoms with E-state index in [9.17, 15) is 14.4 Å². The maximum atomic E-state index is 12.4. The van der Waals surface area contributed by atoms with Crippen molar-refractivity contribution in [1.82, 2.24) is 4.90 Å². The van der Waals surface area contributed by atoms with Crippen molar-refractivity contribution < 1.29 is 19.1 Å². The third kappa shape index (κ3) is 3.75. The van der Waals surface area contributed by atoms with E-state index in [0.29, 0.717) is 11.7 Å².